The number of rotatable bonds is 7. The maximum atomic E-state index is 12.6. The van der Waals surface area contributed by atoms with Gasteiger partial charge in [0.05, 0.1) is 10.0 Å². The summed E-state index contributed by atoms with van der Waals surface area (Å²) in [5, 5.41) is 0.923. The van der Waals surface area contributed by atoms with Crippen molar-refractivity contribution in [3.8, 4) is 5.75 Å². The Labute approximate surface area is 162 Å². The fraction of sp³-hybridized carbons (Fsp3) is 0.263. The number of primary amides is 1. The Morgan fingerprint density at radius 1 is 1.08 bits per heavy atom. The van der Waals surface area contributed by atoms with E-state index in [1.807, 2.05) is 19.9 Å². The van der Waals surface area contributed by atoms with E-state index in [-0.39, 0.29) is 18.6 Å². The largest absolute Gasteiger partial charge is 0.484 e. The molecule has 0 aliphatic carbocycles. The molecule has 0 aliphatic rings. The molecule has 0 atom stereocenters. The first kappa shape index (κ1) is 20.1. The van der Waals surface area contributed by atoms with E-state index >= 15 is 0 Å². The fourth-order valence-electron chi connectivity index (χ4n) is 2.34. The Hall–Kier alpha value is -2.24. The van der Waals surface area contributed by atoms with E-state index in [0.717, 1.165) is 5.56 Å². The molecule has 0 aliphatic heterocycles. The van der Waals surface area contributed by atoms with Gasteiger partial charge in [0, 0.05) is 18.2 Å². The van der Waals surface area contributed by atoms with Crippen LogP contribution in [0.25, 0.3) is 0 Å². The molecule has 0 fully saturated rings. The van der Waals surface area contributed by atoms with Gasteiger partial charge >= 0.3 is 0 Å². The van der Waals surface area contributed by atoms with Crippen molar-refractivity contribution in [2.24, 2.45) is 5.73 Å². The van der Waals surface area contributed by atoms with Crippen LogP contribution in [-0.2, 0) is 11.3 Å². The average molecular weight is 395 g/mol. The lowest BCUT2D eigenvalue weighted by atomic mass is 10.2. The first-order valence-corrected chi connectivity index (χ1v) is 8.79. The number of halogens is 2. The highest BCUT2D eigenvalue weighted by molar-refractivity contribution is 6.42. The van der Waals surface area contributed by atoms with Gasteiger partial charge in [-0.2, -0.15) is 0 Å². The van der Waals surface area contributed by atoms with Gasteiger partial charge in [-0.15, -0.1) is 0 Å². The standard InChI is InChI=1S/C19H20Cl2N2O3/c1-12(2)23(10-13-3-8-16(20)17(21)9-13)18(24)11-26-15-6-4-14(5-7-15)19(22)25/h3-9,12H,10-11H2,1-2H3,(H2,22,25). The van der Waals surface area contributed by atoms with Crippen LogP contribution in [0.3, 0.4) is 0 Å². The predicted molar refractivity (Wildman–Crippen MR) is 103 cm³/mol. The summed E-state index contributed by atoms with van der Waals surface area (Å²) < 4.78 is 5.52. The molecule has 26 heavy (non-hydrogen) atoms. The molecule has 2 aromatic carbocycles. The van der Waals surface area contributed by atoms with Crippen molar-refractivity contribution in [2.45, 2.75) is 26.4 Å². The number of nitrogens with zero attached hydrogens (tertiary/aromatic N) is 1. The second-order valence-corrected chi connectivity index (χ2v) is 6.86. The summed E-state index contributed by atoms with van der Waals surface area (Å²) >= 11 is 12.0. The van der Waals surface area contributed by atoms with Crippen LogP contribution in [0.1, 0.15) is 29.8 Å². The number of ether oxygens (including phenoxy) is 1. The Morgan fingerprint density at radius 2 is 1.73 bits per heavy atom. The molecule has 0 bridgehead atoms. The van der Waals surface area contributed by atoms with Gasteiger partial charge < -0.3 is 15.4 Å². The Balaban J connectivity index is 2.01. The van der Waals surface area contributed by atoms with Crippen molar-refractivity contribution < 1.29 is 14.3 Å². The minimum atomic E-state index is -0.514. The van der Waals surface area contributed by atoms with Crippen molar-refractivity contribution in [2.75, 3.05) is 6.61 Å². The summed E-state index contributed by atoms with van der Waals surface area (Å²) in [7, 11) is 0. The van der Waals surface area contributed by atoms with Crippen LogP contribution in [0.4, 0.5) is 0 Å². The normalized spacial score (nSPS) is 10.7. The number of hydrogen-bond acceptors (Lipinski definition) is 3. The molecule has 0 unspecified atom stereocenters. The van der Waals surface area contributed by atoms with E-state index in [1.165, 1.54) is 0 Å². The molecule has 0 spiro atoms. The van der Waals surface area contributed by atoms with Gasteiger partial charge in [-0.3, -0.25) is 9.59 Å². The summed E-state index contributed by atoms with van der Waals surface area (Å²) in [6.45, 7) is 4.14. The van der Waals surface area contributed by atoms with Crippen molar-refractivity contribution in [3.05, 3.63) is 63.6 Å². The quantitative estimate of drug-likeness (QED) is 0.773. The van der Waals surface area contributed by atoms with Gasteiger partial charge in [0.1, 0.15) is 5.75 Å². The highest BCUT2D eigenvalue weighted by atomic mass is 35.5. The predicted octanol–water partition coefficient (Wildman–Crippen LogP) is 3.91. The van der Waals surface area contributed by atoms with Crippen molar-refractivity contribution >= 4 is 35.0 Å². The number of benzene rings is 2. The fourth-order valence-corrected chi connectivity index (χ4v) is 2.66. The molecule has 138 valence electrons. The van der Waals surface area contributed by atoms with Crippen LogP contribution in [-0.4, -0.2) is 29.4 Å². The molecule has 0 heterocycles. The van der Waals surface area contributed by atoms with E-state index in [0.29, 0.717) is 27.9 Å². The van der Waals surface area contributed by atoms with Crippen LogP contribution in [0.2, 0.25) is 10.0 Å². The molecule has 0 saturated heterocycles. The molecule has 5 nitrogen and oxygen atoms in total. The van der Waals surface area contributed by atoms with Gasteiger partial charge in [0.25, 0.3) is 5.91 Å². The van der Waals surface area contributed by atoms with Crippen LogP contribution in [0, 0.1) is 0 Å². The monoisotopic (exact) mass is 394 g/mol. The van der Waals surface area contributed by atoms with E-state index in [1.54, 1.807) is 41.3 Å². The van der Waals surface area contributed by atoms with Crippen molar-refractivity contribution in [1.82, 2.24) is 4.90 Å². The van der Waals surface area contributed by atoms with E-state index in [9.17, 15) is 9.59 Å². The number of amides is 2. The molecule has 0 aromatic heterocycles. The van der Waals surface area contributed by atoms with Crippen LogP contribution in [0.15, 0.2) is 42.5 Å². The maximum Gasteiger partial charge on any atom is 0.261 e. The molecule has 7 heteroatoms. The van der Waals surface area contributed by atoms with Gasteiger partial charge in [0.2, 0.25) is 5.91 Å². The van der Waals surface area contributed by atoms with Gasteiger partial charge in [-0.25, -0.2) is 0 Å². The number of carbonyl (C=O) groups excluding carboxylic acids is 2. The average Bonchev–Trinajstić information content (AvgIpc) is 2.60. The summed E-state index contributed by atoms with van der Waals surface area (Å²) in [6, 6.07) is 11.6. The summed E-state index contributed by atoms with van der Waals surface area (Å²) in [5.74, 6) is -0.188. The zero-order valence-corrected chi connectivity index (χ0v) is 16.1. The lowest BCUT2D eigenvalue weighted by Gasteiger charge is -2.27. The van der Waals surface area contributed by atoms with Crippen molar-refractivity contribution in [1.29, 1.82) is 0 Å². The second-order valence-electron chi connectivity index (χ2n) is 6.04. The van der Waals surface area contributed by atoms with E-state index in [2.05, 4.69) is 0 Å². The minimum absolute atomic E-state index is 0.0159. The Bertz CT molecular complexity index is 792. The molecular formula is C19H20Cl2N2O3. The first-order chi connectivity index (χ1) is 12.3. The second kappa shape index (κ2) is 8.92. The van der Waals surface area contributed by atoms with Gasteiger partial charge in [-0.1, -0.05) is 29.3 Å². The van der Waals surface area contributed by atoms with Crippen LogP contribution in [0.5, 0.6) is 5.75 Å². The molecule has 0 radical (unpaired) electrons. The summed E-state index contributed by atoms with van der Waals surface area (Å²) in [5.41, 5.74) is 6.46. The third kappa shape index (κ3) is 5.38. The van der Waals surface area contributed by atoms with E-state index in [4.69, 9.17) is 33.7 Å². The zero-order chi connectivity index (χ0) is 19.3. The number of nitrogens with two attached hydrogens (primary N) is 1. The molecule has 2 amide bonds. The van der Waals surface area contributed by atoms with Gasteiger partial charge in [0.15, 0.2) is 6.61 Å². The lowest BCUT2D eigenvalue weighted by molar-refractivity contribution is -0.135. The number of hydrogen-bond donors (Lipinski definition) is 1. The SMILES string of the molecule is CC(C)N(Cc1ccc(Cl)c(Cl)c1)C(=O)COc1ccc(C(N)=O)cc1. The lowest BCUT2D eigenvalue weighted by Crippen LogP contribution is -2.39. The first-order valence-electron chi connectivity index (χ1n) is 8.04. The molecule has 2 rings (SSSR count). The topological polar surface area (TPSA) is 72.6 Å². The smallest absolute Gasteiger partial charge is 0.261 e. The molecule has 0 saturated carbocycles. The molecular weight excluding hydrogens is 375 g/mol. The Kier molecular flexibility index (Phi) is 6.89. The molecule has 2 N–H and O–H groups in total. The maximum absolute atomic E-state index is 12.6. The Morgan fingerprint density at radius 3 is 2.27 bits per heavy atom. The zero-order valence-electron chi connectivity index (χ0n) is 14.5. The van der Waals surface area contributed by atoms with Crippen LogP contribution < -0.4 is 10.5 Å². The van der Waals surface area contributed by atoms with E-state index < -0.39 is 5.91 Å². The number of carbonyl (C=O) groups is 2. The van der Waals surface area contributed by atoms with Gasteiger partial charge in [-0.05, 0) is 55.8 Å². The molecule has 2 aromatic rings. The third-order valence-corrected chi connectivity index (χ3v) is 4.52. The van der Waals surface area contributed by atoms with Crippen molar-refractivity contribution in [3.63, 3.8) is 0 Å². The summed E-state index contributed by atoms with van der Waals surface area (Å²) in [6.07, 6.45) is 0. The summed E-state index contributed by atoms with van der Waals surface area (Å²) in [4.78, 5) is 25.3. The highest BCUT2D eigenvalue weighted by Gasteiger charge is 2.18. The minimum Gasteiger partial charge on any atom is -0.484 e. The highest BCUT2D eigenvalue weighted by Crippen LogP contribution is 2.23. The third-order valence-electron chi connectivity index (χ3n) is 3.78. The van der Waals surface area contributed by atoms with Crippen LogP contribution >= 0.6 is 23.2 Å².